The van der Waals surface area contributed by atoms with Gasteiger partial charge in [0.05, 0.1) is 11.9 Å². The van der Waals surface area contributed by atoms with Gasteiger partial charge < -0.3 is 15.5 Å². The van der Waals surface area contributed by atoms with Gasteiger partial charge in [0.2, 0.25) is 0 Å². The molecule has 1 saturated heterocycles. The normalized spacial score (nSPS) is 14.4. The summed E-state index contributed by atoms with van der Waals surface area (Å²) >= 11 is 0. The topological polar surface area (TPSA) is 61.7 Å². The van der Waals surface area contributed by atoms with E-state index < -0.39 is 18.8 Å². The smallest absolute Gasteiger partial charge is 0.371 e. The van der Waals surface area contributed by atoms with Crippen LogP contribution in [-0.2, 0) is 0 Å². The van der Waals surface area contributed by atoms with Crippen LogP contribution < -0.4 is 15.5 Å². The lowest BCUT2D eigenvalue weighted by Crippen LogP contribution is -2.36. The van der Waals surface area contributed by atoms with Gasteiger partial charge in [0.15, 0.2) is 0 Å². The van der Waals surface area contributed by atoms with Crippen LogP contribution in [0, 0.1) is 0 Å². The first kappa shape index (κ1) is 19.1. The summed E-state index contributed by atoms with van der Waals surface area (Å²) in [7, 11) is 0. The standard InChI is InChI=1S/C20H20F3N5O/c21-20(22,23)13-25-19(29)26-15-5-3-4-14(10-15)17-12-24-18-11-16(6-9-28(17)18)27-7-1-2-8-27/h3-6,9-12H,1-2,7-8,13H2,(H2,25,26,29). The number of halogens is 3. The minimum atomic E-state index is -4.45. The largest absolute Gasteiger partial charge is 0.405 e. The number of benzene rings is 1. The van der Waals surface area contributed by atoms with Crippen LogP contribution in [0.4, 0.5) is 29.3 Å². The van der Waals surface area contributed by atoms with Crippen molar-refractivity contribution in [1.29, 1.82) is 0 Å². The summed E-state index contributed by atoms with van der Waals surface area (Å²) in [4.78, 5) is 18.5. The number of imidazole rings is 1. The van der Waals surface area contributed by atoms with Gasteiger partial charge in [-0.3, -0.25) is 4.40 Å². The maximum absolute atomic E-state index is 12.2. The lowest BCUT2D eigenvalue weighted by molar-refractivity contribution is -0.122. The second kappa shape index (κ2) is 7.65. The van der Waals surface area contributed by atoms with Gasteiger partial charge in [-0.05, 0) is 31.0 Å². The monoisotopic (exact) mass is 403 g/mol. The molecule has 3 aromatic rings. The molecule has 29 heavy (non-hydrogen) atoms. The number of pyridine rings is 1. The van der Waals surface area contributed by atoms with Crippen LogP contribution in [0.15, 0.2) is 48.8 Å². The van der Waals surface area contributed by atoms with Gasteiger partial charge in [0, 0.05) is 42.3 Å². The summed E-state index contributed by atoms with van der Waals surface area (Å²) in [6.45, 7) is 0.715. The Kier molecular flexibility index (Phi) is 5.04. The van der Waals surface area contributed by atoms with Gasteiger partial charge in [-0.1, -0.05) is 12.1 Å². The van der Waals surface area contributed by atoms with Gasteiger partial charge in [-0.25, -0.2) is 9.78 Å². The highest BCUT2D eigenvalue weighted by Gasteiger charge is 2.27. The van der Waals surface area contributed by atoms with E-state index in [1.54, 1.807) is 29.7 Å². The second-order valence-corrected chi connectivity index (χ2v) is 6.95. The highest BCUT2D eigenvalue weighted by molar-refractivity contribution is 5.90. The van der Waals surface area contributed by atoms with Gasteiger partial charge in [0.25, 0.3) is 0 Å². The maximum Gasteiger partial charge on any atom is 0.405 e. The molecule has 2 N–H and O–H groups in total. The molecule has 0 bridgehead atoms. The van der Waals surface area contributed by atoms with E-state index in [4.69, 9.17) is 0 Å². The Morgan fingerprint density at radius 2 is 1.93 bits per heavy atom. The van der Waals surface area contributed by atoms with Crippen molar-refractivity contribution in [2.75, 3.05) is 29.9 Å². The minimum absolute atomic E-state index is 0.394. The van der Waals surface area contributed by atoms with Crippen molar-refractivity contribution in [3.05, 3.63) is 48.8 Å². The van der Waals surface area contributed by atoms with E-state index in [0.717, 1.165) is 35.7 Å². The Morgan fingerprint density at radius 3 is 2.69 bits per heavy atom. The molecule has 1 aliphatic heterocycles. The van der Waals surface area contributed by atoms with E-state index in [2.05, 4.69) is 21.3 Å². The van der Waals surface area contributed by atoms with Gasteiger partial charge in [-0.2, -0.15) is 13.2 Å². The first-order valence-electron chi connectivity index (χ1n) is 9.33. The number of alkyl halides is 3. The molecule has 0 spiro atoms. The summed E-state index contributed by atoms with van der Waals surface area (Å²) in [6, 6.07) is 10.1. The summed E-state index contributed by atoms with van der Waals surface area (Å²) in [6.07, 6.45) is 1.64. The molecule has 4 rings (SSSR count). The average Bonchev–Trinajstić information content (AvgIpc) is 3.35. The molecule has 0 atom stereocenters. The van der Waals surface area contributed by atoms with E-state index in [9.17, 15) is 18.0 Å². The van der Waals surface area contributed by atoms with Crippen molar-refractivity contribution < 1.29 is 18.0 Å². The molecule has 1 aromatic carbocycles. The second-order valence-electron chi connectivity index (χ2n) is 6.95. The molecule has 2 aromatic heterocycles. The molecule has 9 heteroatoms. The van der Waals surface area contributed by atoms with E-state index in [0.29, 0.717) is 5.69 Å². The first-order chi connectivity index (χ1) is 13.9. The highest BCUT2D eigenvalue weighted by Crippen LogP contribution is 2.27. The fourth-order valence-electron chi connectivity index (χ4n) is 3.47. The Labute approximate surface area is 165 Å². The predicted molar refractivity (Wildman–Crippen MR) is 105 cm³/mol. The van der Waals surface area contributed by atoms with Gasteiger partial charge in [0.1, 0.15) is 12.2 Å². The zero-order valence-corrected chi connectivity index (χ0v) is 15.5. The van der Waals surface area contributed by atoms with Crippen molar-refractivity contribution in [1.82, 2.24) is 14.7 Å². The Hall–Kier alpha value is -3.23. The van der Waals surface area contributed by atoms with Crippen molar-refractivity contribution in [3.8, 4) is 11.3 Å². The molecule has 0 saturated carbocycles. The molecule has 3 heterocycles. The highest BCUT2D eigenvalue weighted by atomic mass is 19.4. The number of fused-ring (bicyclic) bond motifs is 1. The third-order valence-electron chi connectivity index (χ3n) is 4.83. The fourth-order valence-corrected chi connectivity index (χ4v) is 3.47. The van der Waals surface area contributed by atoms with E-state index in [1.807, 2.05) is 22.7 Å². The quantitative estimate of drug-likeness (QED) is 0.683. The number of hydrogen-bond acceptors (Lipinski definition) is 3. The van der Waals surface area contributed by atoms with Gasteiger partial charge in [-0.15, -0.1) is 0 Å². The van der Waals surface area contributed by atoms with Crippen LogP contribution in [0.2, 0.25) is 0 Å². The van der Waals surface area contributed by atoms with E-state index in [-0.39, 0.29) is 0 Å². The third kappa shape index (κ3) is 4.44. The Morgan fingerprint density at radius 1 is 1.14 bits per heavy atom. The van der Waals surface area contributed by atoms with Crippen LogP contribution in [0.25, 0.3) is 16.9 Å². The number of hydrogen-bond donors (Lipinski definition) is 2. The summed E-state index contributed by atoms with van der Waals surface area (Å²) in [5.41, 5.74) is 3.97. The number of nitrogens with one attached hydrogen (secondary N) is 2. The number of aromatic nitrogens is 2. The molecule has 0 unspecified atom stereocenters. The van der Waals surface area contributed by atoms with Crippen LogP contribution in [0.1, 0.15) is 12.8 Å². The molecular weight excluding hydrogens is 383 g/mol. The van der Waals surface area contributed by atoms with Crippen LogP contribution in [0.3, 0.4) is 0 Å². The summed E-state index contributed by atoms with van der Waals surface area (Å²) < 4.78 is 38.6. The molecule has 0 radical (unpaired) electrons. The number of urea groups is 1. The lowest BCUT2D eigenvalue weighted by atomic mass is 10.1. The first-order valence-corrected chi connectivity index (χ1v) is 9.33. The zero-order valence-electron chi connectivity index (χ0n) is 15.5. The molecule has 1 aliphatic rings. The number of carbonyl (C=O) groups is 1. The zero-order chi connectivity index (χ0) is 20.4. The molecule has 2 amide bonds. The van der Waals surface area contributed by atoms with Crippen LogP contribution in [0.5, 0.6) is 0 Å². The average molecular weight is 403 g/mol. The maximum atomic E-state index is 12.2. The lowest BCUT2D eigenvalue weighted by Gasteiger charge is -2.17. The van der Waals surface area contributed by atoms with Crippen LogP contribution >= 0.6 is 0 Å². The van der Waals surface area contributed by atoms with E-state index in [1.165, 1.54) is 12.8 Å². The number of amides is 2. The van der Waals surface area contributed by atoms with Crippen molar-refractivity contribution >= 4 is 23.1 Å². The number of carbonyl (C=O) groups excluding carboxylic acids is 1. The van der Waals surface area contributed by atoms with Crippen molar-refractivity contribution in [3.63, 3.8) is 0 Å². The third-order valence-corrected chi connectivity index (χ3v) is 4.83. The van der Waals surface area contributed by atoms with Crippen molar-refractivity contribution in [2.24, 2.45) is 0 Å². The van der Waals surface area contributed by atoms with Crippen molar-refractivity contribution in [2.45, 2.75) is 19.0 Å². The molecular formula is C20H20F3N5O. The van der Waals surface area contributed by atoms with E-state index >= 15 is 0 Å². The fraction of sp³-hybridized carbons (Fsp3) is 0.300. The number of anilines is 2. The Balaban J connectivity index is 1.53. The van der Waals surface area contributed by atoms with Crippen LogP contribution in [-0.4, -0.2) is 41.2 Å². The predicted octanol–water partition coefficient (Wildman–Crippen LogP) is 4.29. The molecule has 1 fully saturated rings. The van der Waals surface area contributed by atoms with Gasteiger partial charge >= 0.3 is 12.2 Å². The number of nitrogens with zero attached hydrogens (tertiary/aromatic N) is 3. The molecule has 0 aliphatic carbocycles. The molecule has 152 valence electrons. The SMILES string of the molecule is O=C(NCC(F)(F)F)Nc1cccc(-c2cnc3cc(N4CCCC4)ccn23)c1. The summed E-state index contributed by atoms with van der Waals surface area (Å²) in [5, 5.41) is 4.22. The number of rotatable bonds is 4. The minimum Gasteiger partial charge on any atom is -0.371 e. The Bertz CT molecular complexity index is 1020. The summed E-state index contributed by atoms with van der Waals surface area (Å²) in [5.74, 6) is 0. The molecule has 6 nitrogen and oxygen atoms in total.